The first-order valence-corrected chi connectivity index (χ1v) is 8.23. The van der Waals surface area contributed by atoms with Gasteiger partial charge in [0.1, 0.15) is 11.9 Å². The molecule has 1 aromatic rings. The van der Waals surface area contributed by atoms with Gasteiger partial charge in [0.15, 0.2) is 0 Å². The quantitative estimate of drug-likeness (QED) is 0.834. The third kappa shape index (κ3) is 5.12. The van der Waals surface area contributed by atoms with Gasteiger partial charge < -0.3 is 15.4 Å². The highest BCUT2D eigenvalue weighted by Gasteiger charge is 2.34. The molecule has 1 aliphatic heterocycles. The summed E-state index contributed by atoms with van der Waals surface area (Å²) >= 11 is 0. The number of hydrogen-bond acceptors (Lipinski definition) is 3. The molecule has 2 N–H and O–H groups in total. The summed E-state index contributed by atoms with van der Waals surface area (Å²) in [6.07, 6.45) is -2.91. The first kappa shape index (κ1) is 18.6. The van der Waals surface area contributed by atoms with Gasteiger partial charge in [-0.2, -0.15) is 13.2 Å². The molecule has 2 rings (SSSR count). The van der Waals surface area contributed by atoms with E-state index >= 15 is 0 Å². The maximum atomic E-state index is 13.0. The first-order chi connectivity index (χ1) is 11.4. The number of alkyl halides is 3. The number of nitrogens with one attached hydrogen (secondary N) is 2. The van der Waals surface area contributed by atoms with Crippen molar-refractivity contribution in [2.45, 2.75) is 38.5 Å². The Morgan fingerprint density at radius 2 is 2.00 bits per heavy atom. The molecule has 24 heavy (non-hydrogen) atoms. The van der Waals surface area contributed by atoms with Crippen LogP contribution < -0.4 is 15.4 Å². The highest BCUT2D eigenvalue weighted by atomic mass is 19.4. The Bertz CT molecular complexity index is 543. The number of benzene rings is 1. The Morgan fingerprint density at radius 3 is 2.62 bits per heavy atom. The zero-order valence-corrected chi connectivity index (χ0v) is 13.7. The molecule has 0 saturated carbocycles. The second kappa shape index (κ2) is 8.37. The van der Waals surface area contributed by atoms with Gasteiger partial charge in [0.25, 0.3) is 0 Å². The molecule has 134 valence electrons. The summed E-state index contributed by atoms with van der Waals surface area (Å²) in [7, 11) is 0. The fourth-order valence-corrected chi connectivity index (χ4v) is 2.70. The van der Waals surface area contributed by atoms with Crippen molar-refractivity contribution in [1.29, 1.82) is 0 Å². The summed E-state index contributed by atoms with van der Waals surface area (Å²) < 4.78 is 44.5. The molecular formula is C17H23F3N2O2. The lowest BCUT2D eigenvalue weighted by Gasteiger charge is -2.24. The van der Waals surface area contributed by atoms with E-state index in [4.69, 9.17) is 4.74 Å². The molecule has 1 fully saturated rings. The van der Waals surface area contributed by atoms with Gasteiger partial charge in [0.05, 0.1) is 12.1 Å². The SMILES string of the molecule is CC[C@H](CNC(=O)C1CCNCC1)Oc1ccccc1C(F)(F)F. The maximum Gasteiger partial charge on any atom is 0.419 e. The minimum atomic E-state index is -4.47. The molecule has 7 heteroatoms. The van der Waals surface area contributed by atoms with Crippen molar-refractivity contribution in [2.24, 2.45) is 5.92 Å². The van der Waals surface area contributed by atoms with E-state index in [2.05, 4.69) is 10.6 Å². The monoisotopic (exact) mass is 344 g/mol. The lowest BCUT2D eigenvalue weighted by Crippen LogP contribution is -2.42. The van der Waals surface area contributed by atoms with Gasteiger partial charge in [-0.05, 0) is 44.5 Å². The van der Waals surface area contributed by atoms with Crippen LogP contribution >= 0.6 is 0 Å². The maximum absolute atomic E-state index is 13.0. The molecule has 0 aliphatic carbocycles. The number of para-hydroxylation sites is 1. The van der Waals surface area contributed by atoms with Crippen LogP contribution in [0.3, 0.4) is 0 Å². The Balaban J connectivity index is 1.94. The predicted molar refractivity (Wildman–Crippen MR) is 84.8 cm³/mol. The number of ether oxygens (including phenoxy) is 1. The molecule has 4 nitrogen and oxygen atoms in total. The average Bonchev–Trinajstić information content (AvgIpc) is 2.58. The number of hydrogen-bond donors (Lipinski definition) is 2. The third-order valence-corrected chi connectivity index (χ3v) is 4.16. The predicted octanol–water partition coefficient (Wildman–Crippen LogP) is 2.98. The van der Waals surface area contributed by atoms with Crippen molar-refractivity contribution >= 4 is 5.91 Å². The van der Waals surface area contributed by atoms with Crippen LogP contribution in [-0.2, 0) is 11.0 Å². The molecule has 0 bridgehead atoms. The number of piperidine rings is 1. The molecule has 1 atom stereocenters. The van der Waals surface area contributed by atoms with Crippen LogP contribution in [0.1, 0.15) is 31.7 Å². The molecule has 1 saturated heterocycles. The summed E-state index contributed by atoms with van der Waals surface area (Å²) in [6.45, 7) is 3.64. The molecular weight excluding hydrogens is 321 g/mol. The van der Waals surface area contributed by atoms with E-state index in [0.29, 0.717) is 6.42 Å². The molecule has 1 aliphatic rings. The number of halogens is 3. The molecule has 0 unspecified atom stereocenters. The number of carbonyl (C=O) groups is 1. The number of carbonyl (C=O) groups excluding carboxylic acids is 1. The van der Waals surface area contributed by atoms with E-state index in [1.165, 1.54) is 18.2 Å². The van der Waals surface area contributed by atoms with Crippen molar-refractivity contribution < 1.29 is 22.7 Å². The second-order valence-corrected chi connectivity index (χ2v) is 5.91. The smallest absolute Gasteiger partial charge is 0.419 e. The standard InChI is InChI=1S/C17H23F3N2O2/c1-2-13(11-22-16(23)12-7-9-21-10-8-12)24-15-6-4-3-5-14(15)17(18,19)20/h3-6,12-13,21H,2,7-11H2,1H3,(H,22,23)/t13-/m1/s1. The van der Waals surface area contributed by atoms with E-state index in [-0.39, 0.29) is 24.1 Å². The first-order valence-electron chi connectivity index (χ1n) is 8.23. The highest BCUT2D eigenvalue weighted by Crippen LogP contribution is 2.36. The molecule has 1 amide bonds. The normalized spacial score (nSPS) is 17.3. The van der Waals surface area contributed by atoms with E-state index in [9.17, 15) is 18.0 Å². The van der Waals surface area contributed by atoms with Crippen molar-refractivity contribution in [2.75, 3.05) is 19.6 Å². The summed E-state index contributed by atoms with van der Waals surface area (Å²) in [5.41, 5.74) is -0.798. The Labute approximate surface area is 139 Å². The van der Waals surface area contributed by atoms with Crippen molar-refractivity contribution in [3.63, 3.8) is 0 Å². The Kier molecular flexibility index (Phi) is 6.48. The largest absolute Gasteiger partial charge is 0.488 e. The summed E-state index contributed by atoms with van der Waals surface area (Å²) in [5, 5.41) is 6.00. The lowest BCUT2D eigenvalue weighted by atomic mass is 9.97. The van der Waals surface area contributed by atoms with Crippen LogP contribution in [0.25, 0.3) is 0 Å². The minimum absolute atomic E-state index is 0.0359. The van der Waals surface area contributed by atoms with E-state index < -0.39 is 17.8 Å². The Morgan fingerprint density at radius 1 is 1.33 bits per heavy atom. The van der Waals surface area contributed by atoms with Crippen LogP contribution in [-0.4, -0.2) is 31.6 Å². The van der Waals surface area contributed by atoms with Crippen LogP contribution in [0.4, 0.5) is 13.2 Å². The van der Waals surface area contributed by atoms with E-state index in [1.54, 1.807) is 0 Å². The molecule has 0 aromatic heterocycles. The molecule has 0 radical (unpaired) electrons. The lowest BCUT2D eigenvalue weighted by molar-refractivity contribution is -0.139. The van der Waals surface area contributed by atoms with Crippen LogP contribution in [0, 0.1) is 5.92 Å². The van der Waals surface area contributed by atoms with Crippen molar-refractivity contribution in [3.05, 3.63) is 29.8 Å². The molecule has 1 aromatic carbocycles. The van der Waals surface area contributed by atoms with Gasteiger partial charge in [-0.15, -0.1) is 0 Å². The molecule has 1 heterocycles. The topological polar surface area (TPSA) is 50.4 Å². The van der Waals surface area contributed by atoms with Gasteiger partial charge in [-0.1, -0.05) is 19.1 Å². The van der Waals surface area contributed by atoms with Gasteiger partial charge in [0.2, 0.25) is 5.91 Å². The van der Waals surface area contributed by atoms with Crippen molar-refractivity contribution in [1.82, 2.24) is 10.6 Å². The van der Waals surface area contributed by atoms with Crippen LogP contribution in [0.2, 0.25) is 0 Å². The number of amides is 1. The molecule has 0 spiro atoms. The zero-order valence-electron chi connectivity index (χ0n) is 13.7. The van der Waals surface area contributed by atoms with Gasteiger partial charge >= 0.3 is 6.18 Å². The zero-order chi connectivity index (χ0) is 17.6. The van der Waals surface area contributed by atoms with Crippen LogP contribution in [0.5, 0.6) is 5.75 Å². The highest BCUT2D eigenvalue weighted by molar-refractivity contribution is 5.78. The van der Waals surface area contributed by atoms with E-state index in [0.717, 1.165) is 32.0 Å². The Hall–Kier alpha value is -1.76. The van der Waals surface area contributed by atoms with Gasteiger partial charge in [-0.3, -0.25) is 4.79 Å². The average molecular weight is 344 g/mol. The van der Waals surface area contributed by atoms with Gasteiger partial charge in [-0.25, -0.2) is 0 Å². The fourth-order valence-electron chi connectivity index (χ4n) is 2.70. The summed E-state index contributed by atoms with van der Waals surface area (Å²) in [6, 6.07) is 5.14. The second-order valence-electron chi connectivity index (χ2n) is 5.91. The van der Waals surface area contributed by atoms with Gasteiger partial charge in [0, 0.05) is 5.92 Å². The third-order valence-electron chi connectivity index (χ3n) is 4.16. The van der Waals surface area contributed by atoms with Crippen molar-refractivity contribution in [3.8, 4) is 5.75 Å². The van der Waals surface area contributed by atoms with Crippen LogP contribution in [0.15, 0.2) is 24.3 Å². The minimum Gasteiger partial charge on any atom is -0.488 e. The summed E-state index contributed by atoms with van der Waals surface area (Å²) in [5.74, 6) is -0.290. The summed E-state index contributed by atoms with van der Waals surface area (Å²) in [4.78, 5) is 12.1. The fraction of sp³-hybridized carbons (Fsp3) is 0.588. The van der Waals surface area contributed by atoms with E-state index in [1.807, 2.05) is 6.92 Å². The number of rotatable bonds is 6.